The Hall–Kier alpha value is -3.69. The number of aliphatic hydroxyl groups excluding tert-OH is 1. The maximum absolute atomic E-state index is 15.5. The lowest BCUT2D eigenvalue weighted by Crippen LogP contribution is -2.52. The van der Waals surface area contributed by atoms with Crippen molar-refractivity contribution in [3.05, 3.63) is 61.2 Å². The molecule has 0 amide bonds. The largest absolute Gasteiger partial charge is 0.497 e. The first-order valence-corrected chi connectivity index (χ1v) is 14.8. The topological polar surface area (TPSA) is 145 Å². The number of nitrogens with zero attached hydrogens (tertiary/aromatic N) is 4. The highest BCUT2D eigenvalue weighted by atomic mass is 32.5. The fourth-order valence-corrected chi connectivity index (χ4v) is 6.13. The molecule has 1 fully saturated rings. The summed E-state index contributed by atoms with van der Waals surface area (Å²) < 4.78 is 79.1. The van der Waals surface area contributed by atoms with E-state index in [-0.39, 0.29) is 28.5 Å². The molecule has 0 bridgehead atoms. The summed E-state index contributed by atoms with van der Waals surface area (Å²) >= 11 is 5.57. The highest BCUT2D eigenvalue weighted by Gasteiger charge is 2.62. The number of fused-ring (bicyclic) bond motifs is 1. The van der Waals surface area contributed by atoms with Crippen molar-refractivity contribution in [1.29, 1.82) is 0 Å². The molecule has 0 unspecified atom stereocenters. The average molecular weight is 628 g/mol. The molecule has 1 saturated heterocycles. The average Bonchev–Trinajstić information content (AvgIpc) is 3.53. The first kappa shape index (κ1) is 29.8. The van der Waals surface area contributed by atoms with Gasteiger partial charge in [0.15, 0.2) is 29.5 Å². The molecule has 2 aromatic heterocycles. The number of halogens is 3. The van der Waals surface area contributed by atoms with E-state index in [1.54, 1.807) is 24.3 Å². The van der Waals surface area contributed by atoms with Gasteiger partial charge in [-0.15, -0.1) is 0 Å². The first-order valence-electron chi connectivity index (χ1n) is 12.2. The normalized spacial score (nSPS) is 22.4. The van der Waals surface area contributed by atoms with Gasteiger partial charge >= 0.3 is 6.72 Å². The van der Waals surface area contributed by atoms with Crippen molar-refractivity contribution >= 4 is 35.5 Å². The van der Waals surface area contributed by atoms with E-state index in [0.29, 0.717) is 11.5 Å². The number of rotatable bonds is 11. The third-order valence-corrected chi connectivity index (χ3v) is 8.52. The number of aliphatic hydroxyl groups is 1. The van der Waals surface area contributed by atoms with Crippen molar-refractivity contribution in [2.24, 2.45) is 0 Å². The van der Waals surface area contributed by atoms with E-state index in [1.165, 1.54) is 38.5 Å². The molecule has 0 radical (unpaired) electrons. The molecule has 4 aromatic rings. The van der Waals surface area contributed by atoms with Gasteiger partial charge < -0.3 is 34.1 Å². The second-order valence-corrected chi connectivity index (χ2v) is 11.8. The zero-order valence-electron chi connectivity index (χ0n) is 22.0. The number of hydrogen-bond donors (Lipinski definition) is 2. The number of ether oxygens (including phenoxy) is 3. The van der Waals surface area contributed by atoms with Crippen molar-refractivity contribution in [3.63, 3.8) is 0 Å². The van der Waals surface area contributed by atoms with Crippen LogP contribution in [-0.4, -0.2) is 69.8 Å². The number of nitrogen functional groups attached to an aromatic ring is 1. The van der Waals surface area contributed by atoms with Gasteiger partial charge in [-0.3, -0.25) is 9.09 Å². The summed E-state index contributed by atoms with van der Waals surface area (Å²) in [4.78, 5) is 11.8. The summed E-state index contributed by atoms with van der Waals surface area (Å²) in [6, 6.07) is 12.4. The second kappa shape index (κ2) is 11.9. The lowest BCUT2D eigenvalue weighted by Gasteiger charge is -2.32. The van der Waals surface area contributed by atoms with Crippen molar-refractivity contribution in [3.8, 4) is 23.0 Å². The van der Waals surface area contributed by atoms with Crippen molar-refractivity contribution in [1.82, 2.24) is 19.5 Å². The monoisotopic (exact) mass is 627 g/mol. The van der Waals surface area contributed by atoms with E-state index < -0.39 is 43.9 Å². The molecule has 3 N–H and O–H groups in total. The van der Waals surface area contributed by atoms with Crippen LogP contribution in [-0.2, 0) is 21.1 Å². The molecule has 5 rings (SSSR count). The zero-order valence-corrected chi connectivity index (χ0v) is 23.8. The highest BCUT2D eigenvalue weighted by molar-refractivity contribution is 8.07. The number of imidazole rings is 1. The Morgan fingerprint density at radius 1 is 1.00 bits per heavy atom. The number of anilines is 1. The van der Waals surface area contributed by atoms with Crippen LogP contribution in [0, 0.1) is 0 Å². The molecule has 42 heavy (non-hydrogen) atoms. The third-order valence-electron chi connectivity index (χ3n) is 6.45. The van der Waals surface area contributed by atoms with Gasteiger partial charge in [0.05, 0.1) is 27.2 Å². The Kier molecular flexibility index (Phi) is 8.44. The lowest BCUT2D eigenvalue weighted by molar-refractivity contribution is -0.191. The van der Waals surface area contributed by atoms with Gasteiger partial charge in [0.25, 0.3) is 6.43 Å². The summed E-state index contributed by atoms with van der Waals surface area (Å²) in [5.41, 5.74) is 3.03. The minimum atomic E-state index is -3.97. The van der Waals surface area contributed by atoms with Gasteiger partial charge in [-0.2, -0.15) is 0 Å². The summed E-state index contributed by atoms with van der Waals surface area (Å²) in [5, 5.41) is 10.8. The van der Waals surface area contributed by atoms with Crippen LogP contribution in [0.2, 0.25) is 0 Å². The maximum Gasteiger partial charge on any atom is 0.435 e. The third kappa shape index (κ3) is 5.68. The smallest absolute Gasteiger partial charge is 0.435 e. The summed E-state index contributed by atoms with van der Waals surface area (Å²) in [6.45, 7) is -5.07. The summed E-state index contributed by atoms with van der Waals surface area (Å²) in [5.74, 6) is 1.38. The number of methoxy groups -OCH3 is 2. The van der Waals surface area contributed by atoms with Gasteiger partial charge in [0.1, 0.15) is 40.9 Å². The molecule has 224 valence electrons. The number of aromatic nitrogens is 4. The van der Waals surface area contributed by atoms with Crippen LogP contribution in [0.3, 0.4) is 0 Å². The van der Waals surface area contributed by atoms with Gasteiger partial charge in [-0.05, 0) is 48.5 Å². The molecular weight excluding hydrogens is 602 g/mol. The summed E-state index contributed by atoms with van der Waals surface area (Å²) in [6.07, 6.45) is -7.70. The molecule has 1 aliphatic heterocycles. The Balaban J connectivity index is 1.44. The molecule has 0 spiro atoms. The Bertz CT molecular complexity index is 1530. The van der Waals surface area contributed by atoms with Gasteiger partial charge in [0, 0.05) is 11.8 Å². The minimum absolute atomic E-state index is 0.0109. The number of nitrogens with two attached hydrogens (primary N) is 1. The van der Waals surface area contributed by atoms with Crippen LogP contribution in [0.15, 0.2) is 61.2 Å². The predicted molar refractivity (Wildman–Crippen MR) is 147 cm³/mol. The van der Waals surface area contributed by atoms with E-state index in [1.807, 2.05) is 0 Å². The molecule has 0 aliphatic carbocycles. The fraction of sp³-hybridized carbons (Fsp3) is 0.320. The quantitative estimate of drug-likeness (QED) is 0.231. The van der Waals surface area contributed by atoms with Gasteiger partial charge in [-0.25, -0.2) is 28.1 Å². The minimum Gasteiger partial charge on any atom is -0.497 e. The van der Waals surface area contributed by atoms with Crippen LogP contribution >= 0.6 is 6.72 Å². The molecule has 3 heterocycles. The number of benzene rings is 2. The lowest BCUT2D eigenvalue weighted by atomic mass is 9.97. The van der Waals surface area contributed by atoms with Crippen LogP contribution < -0.4 is 24.3 Å². The van der Waals surface area contributed by atoms with Gasteiger partial charge in [0.2, 0.25) is 0 Å². The molecular formula is C25H25F3N5O7PS. The molecule has 0 saturated carbocycles. The Labute approximate surface area is 242 Å². The van der Waals surface area contributed by atoms with Crippen LogP contribution in [0.5, 0.6) is 23.0 Å². The second-order valence-electron chi connectivity index (χ2n) is 8.99. The van der Waals surface area contributed by atoms with E-state index >= 15 is 4.39 Å². The number of hydrogen-bond acceptors (Lipinski definition) is 12. The molecule has 12 nitrogen and oxygen atoms in total. The zero-order chi connectivity index (χ0) is 30.1. The Morgan fingerprint density at radius 2 is 1.55 bits per heavy atom. The van der Waals surface area contributed by atoms with Crippen LogP contribution in [0.25, 0.3) is 11.2 Å². The molecule has 17 heteroatoms. The SMILES string of the molecule is COc1ccc(OP(=S)(OC[C@@]2(C(F)F)O[C@@H](n3cnc4c(N)ncnc43)[C@H](F)[C@H]2O)Oc2ccc(OC)cc2)cc1. The number of alkyl halides is 3. The highest BCUT2D eigenvalue weighted by Crippen LogP contribution is 2.53. The van der Waals surface area contributed by atoms with E-state index in [4.69, 9.17) is 45.3 Å². The Morgan fingerprint density at radius 3 is 2.07 bits per heavy atom. The first-order chi connectivity index (χ1) is 20.1. The summed E-state index contributed by atoms with van der Waals surface area (Å²) in [7, 11) is 2.96. The van der Waals surface area contributed by atoms with E-state index in [9.17, 15) is 13.9 Å². The van der Waals surface area contributed by atoms with E-state index in [0.717, 1.165) is 17.2 Å². The fourth-order valence-electron chi connectivity index (χ4n) is 4.20. The van der Waals surface area contributed by atoms with Crippen LogP contribution in [0.1, 0.15) is 6.23 Å². The molecule has 2 aromatic carbocycles. The van der Waals surface area contributed by atoms with Crippen molar-refractivity contribution in [2.45, 2.75) is 30.5 Å². The molecule has 1 aliphatic rings. The maximum atomic E-state index is 15.5. The van der Waals surface area contributed by atoms with Crippen molar-refractivity contribution in [2.75, 3.05) is 26.6 Å². The standard InChI is InChI=1S/C25H25F3N5O7PS/c1-35-14-3-7-16(8-4-14)39-41(42,40-17-9-5-15(36-2)6-10-17)37-11-25(24(27)28)20(34)18(26)23(38-25)33-13-32-19-21(29)30-12-31-22(19)33/h3-10,12-13,18,20,23-24,34H,11H2,1-2H3,(H2,29,30,31)/t18-,20-,23-,25-/m1/s1. The predicted octanol–water partition coefficient (Wildman–Crippen LogP) is 4.06. The van der Waals surface area contributed by atoms with Crippen molar-refractivity contribution < 1.29 is 46.1 Å². The molecule has 4 atom stereocenters. The van der Waals surface area contributed by atoms with Crippen LogP contribution in [0.4, 0.5) is 19.0 Å². The van der Waals surface area contributed by atoms with E-state index in [2.05, 4.69) is 15.0 Å². The van der Waals surface area contributed by atoms with Gasteiger partial charge in [-0.1, -0.05) is 0 Å².